The van der Waals surface area contributed by atoms with Crippen LogP contribution >= 0.6 is 0 Å². The molecule has 0 bridgehead atoms. The lowest BCUT2D eigenvalue weighted by atomic mass is 9.94. The number of benzene rings is 3. The number of rotatable bonds is 6. The van der Waals surface area contributed by atoms with Crippen LogP contribution in [0.5, 0.6) is 5.75 Å². The molecular weight excluding hydrogens is 474 g/mol. The molecule has 0 fully saturated rings. The number of fused-ring (bicyclic) bond motifs is 2. The third-order valence-electron chi connectivity index (χ3n) is 7.10. The van der Waals surface area contributed by atoms with Crippen LogP contribution in [0.4, 0.5) is 0 Å². The molecule has 3 aromatic carbocycles. The van der Waals surface area contributed by atoms with E-state index in [1.165, 1.54) is 5.56 Å². The summed E-state index contributed by atoms with van der Waals surface area (Å²) in [5.74, 6) is 2.55. The van der Waals surface area contributed by atoms with Gasteiger partial charge in [0.2, 0.25) is 0 Å². The molecule has 38 heavy (non-hydrogen) atoms. The van der Waals surface area contributed by atoms with Gasteiger partial charge in [-0.2, -0.15) is 0 Å². The van der Waals surface area contributed by atoms with E-state index in [-0.39, 0.29) is 11.8 Å². The van der Waals surface area contributed by atoms with Gasteiger partial charge >= 0.3 is 0 Å². The van der Waals surface area contributed by atoms with Gasteiger partial charge in [-0.05, 0) is 67.3 Å². The van der Waals surface area contributed by atoms with Crippen molar-refractivity contribution < 1.29 is 9.53 Å². The number of nitrogens with zero attached hydrogens (tertiary/aromatic N) is 4. The SMILES string of the molecule is Cc1nccc(-c2ccc3nc(C4COc5ccc(C(=O)N(C)CCc6ccccc6)cc5C4)[nH]c3c2)n1. The van der Waals surface area contributed by atoms with Crippen LogP contribution in [0.1, 0.15) is 39.1 Å². The molecule has 0 saturated carbocycles. The number of imidazole rings is 1. The van der Waals surface area contributed by atoms with Crippen LogP contribution in [-0.4, -0.2) is 50.9 Å². The van der Waals surface area contributed by atoms with Crippen LogP contribution in [-0.2, 0) is 12.8 Å². The normalized spacial score (nSPS) is 14.6. The summed E-state index contributed by atoms with van der Waals surface area (Å²) in [7, 11) is 1.86. The Labute approximate surface area is 221 Å². The quantitative estimate of drug-likeness (QED) is 0.337. The van der Waals surface area contributed by atoms with Gasteiger partial charge in [0.25, 0.3) is 5.91 Å². The van der Waals surface area contributed by atoms with Gasteiger partial charge in [0.05, 0.1) is 29.3 Å². The third kappa shape index (κ3) is 4.87. The summed E-state index contributed by atoms with van der Waals surface area (Å²) in [6.45, 7) is 3.09. The fourth-order valence-corrected chi connectivity index (χ4v) is 4.97. The summed E-state index contributed by atoms with van der Waals surface area (Å²) < 4.78 is 6.09. The second-order valence-corrected chi connectivity index (χ2v) is 9.84. The van der Waals surface area contributed by atoms with E-state index in [1.807, 2.05) is 68.6 Å². The molecule has 5 aromatic rings. The van der Waals surface area contributed by atoms with Crippen LogP contribution in [0.25, 0.3) is 22.3 Å². The highest BCUT2D eigenvalue weighted by molar-refractivity contribution is 5.94. The largest absolute Gasteiger partial charge is 0.493 e. The van der Waals surface area contributed by atoms with Crippen molar-refractivity contribution >= 4 is 16.9 Å². The Bertz CT molecular complexity index is 1610. The number of carbonyl (C=O) groups is 1. The summed E-state index contributed by atoms with van der Waals surface area (Å²) in [4.78, 5) is 32.0. The molecule has 0 aliphatic carbocycles. The zero-order chi connectivity index (χ0) is 26.1. The summed E-state index contributed by atoms with van der Waals surface area (Å²) in [5.41, 5.74) is 6.70. The highest BCUT2D eigenvalue weighted by atomic mass is 16.5. The van der Waals surface area contributed by atoms with Crippen molar-refractivity contribution in [3.8, 4) is 17.0 Å². The molecule has 1 N–H and O–H groups in total. The number of likely N-dealkylation sites (N-methyl/N-ethyl adjacent to an activating group) is 1. The molecular formula is C31H29N5O2. The van der Waals surface area contributed by atoms with E-state index in [2.05, 4.69) is 33.2 Å². The number of hydrogen-bond acceptors (Lipinski definition) is 5. The number of H-pyrrole nitrogens is 1. The molecule has 7 heteroatoms. The van der Waals surface area contributed by atoms with E-state index in [0.717, 1.165) is 58.1 Å². The van der Waals surface area contributed by atoms with Gasteiger partial charge in [-0.15, -0.1) is 0 Å². The van der Waals surface area contributed by atoms with E-state index in [4.69, 9.17) is 9.72 Å². The van der Waals surface area contributed by atoms with E-state index >= 15 is 0 Å². The fraction of sp³-hybridized carbons (Fsp3) is 0.226. The maximum Gasteiger partial charge on any atom is 0.253 e. The Morgan fingerprint density at radius 3 is 2.76 bits per heavy atom. The standard InChI is InChI=1S/C31H29N5O2/c1-20-32-14-12-26(33-20)22-8-10-27-28(18-22)35-30(34-27)25-17-24-16-23(9-11-29(24)38-19-25)31(37)36(2)15-13-21-6-4-3-5-7-21/h3-12,14,16,18,25H,13,15,17,19H2,1-2H3,(H,34,35). The van der Waals surface area contributed by atoms with Crippen molar-refractivity contribution in [2.24, 2.45) is 0 Å². The Hall–Kier alpha value is -4.52. The number of ether oxygens (including phenoxy) is 1. The number of aryl methyl sites for hydroxylation is 1. The lowest BCUT2D eigenvalue weighted by Crippen LogP contribution is -2.29. The first-order valence-corrected chi connectivity index (χ1v) is 12.9. The van der Waals surface area contributed by atoms with Gasteiger partial charge in [-0.3, -0.25) is 4.79 Å². The molecule has 1 aliphatic heterocycles. The molecule has 0 saturated heterocycles. The molecule has 0 radical (unpaired) electrons. The van der Waals surface area contributed by atoms with E-state index in [9.17, 15) is 4.79 Å². The van der Waals surface area contributed by atoms with Gasteiger partial charge in [-0.25, -0.2) is 15.0 Å². The highest BCUT2D eigenvalue weighted by Crippen LogP contribution is 2.33. The van der Waals surface area contributed by atoms with E-state index < -0.39 is 0 Å². The van der Waals surface area contributed by atoms with Crippen molar-refractivity contribution in [1.82, 2.24) is 24.8 Å². The maximum atomic E-state index is 13.1. The van der Waals surface area contributed by atoms with Crippen molar-refractivity contribution in [3.05, 3.63) is 107 Å². The predicted molar refractivity (Wildman–Crippen MR) is 147 cm³/mol. The first-order valence-electron chi connectivity index (χ1n) is 12.9. The maximum absolute atomic E-state index is 13.1. The minimum Gasteiger partial charge on any atom is -0.493 e. The van der Waals surface area contributed by atoms with Gasteiger partial charge < -0.3 is 14.6 Å². The highest BCUT2D eigenvalue weighted by Gasteiger charge is 2.25. The Morgan fingerprint density at radius 1 is 1.05 bits per heavy atom. The molecule has 190 valence electrons. The summed E-state index contributed by atoms with van der Waals surface area (Å²) in [6.07, 6.45) is 3.35. The van der Waals surface area contributed by atoms with Crippen LogP contribution in [0.2, 0.25) is 0 Å². The summed E-state index contributed by atoms with van der Waals surface area (Å²) >= 11 is 0. The third-order valence-corrected chi connectivity index (χ3v) is 7.10. The molecule has 1 unspecified atom stereocenters. The number of amides is 1. The number of aromatic amines is 1. The van der Waals surface area contributed by atoms with Crippen LogP contribution in [0.3, 0.4) is 0 Å². The second kappa shape index (κ2) is 10.1. The summed E-state index contributed by atoms with van der Waals surface area (Å²) in [5, 5.41) is 0. The first kappa shape index (κ1) is 23.9. The number of aromatic nitrogens is 4. The number of hydrogen-bond donors (Lipinski definition) is 1. The fourth-order valence-electron chi connectivity index (χ4n) is 4.97. The zero-order valence-electron chi connectivity index (χ0n) is 21.5. The molecule has 7 nitrogen and oxygen atoms in total. The molecule has 1 atom stereocenters. The monoisotopic (exact) mass is 503 g/mol. The van der Waals surface area contributed by atoms with E-state index in [1.54, 1.807) is 11.1 Å². The van der Waals surface area contributed by atoms with Crippen molar-refractivity contribution in [2.45, 2.75) is 25.7 Å². The minimum absolute atomic E-state index is 0.0158. The molecule has 6 rings (SSSR count). The number of nitrogens with one attached hydrogen (secondary N) is 1. The molecule has 3 heterocycles. The lowest BCUT2D eigenvalue weighted by molar-refractivity contribution is 0.0796. The molecule has 2 aromatic heterocycles. The predicted octanol–water partition coefficient (Wildman–Crippen LogP) is 5.36. The Balaban J connectivity index is 1.18. The van der Waals surface area contributed by atoms with Gasteiger partial charge in [0, 0.05) is 30.9 Å². The number of carbonyl (C=O) groups excluding carboxylic acids is 1. The molecule has 1 amide bonds. The molecule has 1 aliphatic rings. The minimum atomic E-state index is 0.0158. The summed E-state index contributed by atoms with van der Waals surface area (Å²) in [6, 6.07) is 24.0. The van der Waals surface area contributed by atoms with Crippen LogP contribution in [0.15, 0.2) is 79.0 Å². The van der Waals surface area contributed by atoms with Gasteiger partial charge in [0.15, 0.2) is 0 Å². The lowest BCUT2D eigenvalue weighted by Gasteiger charge is -2.25. The van der Waals surface area contributed by atoms with Crippen molar-refractivity contribution in [2.75, 3.05) is 20.2 Å². The Kier molecular flexibility index (Phi) is 6.33. The first-order chi connectivity index (χ1) is 18.5. The van der Waals surface area contributed by atoms with Gasteiger partial charge in [-0.1, -0.05) is 36.4 Å². The molecule has 0 spiro atoms. The Morgan fingerprint density at radius 2 is 1.92 bits per heavy atom. The second-order valence-electron chi connectivity index (χ2n) is 9.84. The smallest absolute Gasteiger partial charge is 0.253 e. The average Bonchev–Trinajstić information content (AvgIpc) is 3.39. The topological polar surface area (TPSA) is 84.0 Å². The average molecular weight is 504 g/mol. The van der Waals surface area contributed by atoms with Gasteiger partial charge in [0.1, 0.15) is 17.4 Å². The zero-order valence-corrected chi connectivity index (χ0v) is 21.5. The van der Waals surface area contributed by atoms with Crippen molar-refractivity contribution in [1.29, 1.82) is 0 Å². The van der Waals surface area contributed by atoms with E-state index in [0.29, 0.717) is 18.7 Å². The van der Waals surface area contributed by atoms with Crippen LogP contribution < -0.4 is 4.74 Å². The van der Waals surface area contributed by atoms with Crippen molar-refractivity contribution in [3.63, 3.8) is 0 Å². The van der Waals surface area contributed by atoms with Crippen LogP contribution in [0, 0.1) is 6.92 Å².